The Morgan fingerprint density at radius 3 is 2.66 bits per heavy atom. The topological polar surface area (TPSA) is 112 Å². The summed E-state index contributed by atoms with van der Waals surface area (Å²) in [5, 5.41) is 15.4. The molecule has 0 aliphatic heterocycles. The number of hydrogen-bond donors (Lipinski definition) is 0. The van der Waals surface area contributed by atoms with E-state index in [2.05, 4.69) is 10.1 Å². The van der Waals surface area contributed by atoms with E-state index in [9.17, 15) is 14.9 Å². The van der Waals surface area contributed by atoms with Crippen LogP contribution in [0.2, 0.25) is 5.02 Å². The van der Waals surface area contributed by atoms with Crippen LogP contribution in [0.1, 0.15) is 11.5 Å². The molecule has 1 amide bonds. The van der Waals surface area contributed by atoms with Crippen molar-refractivity contribution in [3.63, 3.8) is 0 Å². The maximum Gasteiger partial charge on any atom is 0.272 e. The molecule has 3 rings (SSSR count). The number of likely N-dealkylation sites (N-methyl/N-ethyl adjacent to an activating group) is 1. The van der Waals surface area contributed by atoms with Crippen molar-refractivity contribution in [2.24, 2.45) is 0 Å². The second kappa shape index (κ2) is 8.70. The fourth-order valence-electron chi connectivity index (χ4n) is 2.50. The lowest BCUT2D eigenvalue weighted by molar-refractivity contribution is -0.385. The largest absolute Gasteiger partial charge is 0.484 e. The second-order valence-corrected chi connectivity index (χ2v) is 6.70. The van der Waals surface area contributed by atoms with Crippen molar-refractivity contribution in [1.82, 2.24) is 15.0 Å². The predicted octanol–water partition coefficient (Wildman–Crippen LogP) is 3.64. The Morgan fingerprint density at radius 2 is 2.00 bits per heavy atom. The summed E-state index contributed by atoms with van der Waals surface area (Å²) in [7, 11) is 1.58. The Hall–Kier alpha value is -3.46. The van der Waals surface area contributed by atoms with Crippen LogP contribution in [0.5, 0.6) is 5.75 Å². The van der Waals surface area contributed by atoms with Gasteiger partial charge in [0.25, 0.3) is 11.6 Å². The molecule has 9 nitrogen and oxygen atoms in total. The van der Waals surface area contributed by atoms with Gasteiger partial charge in [0.1, 0.15) is 5.75 Å². The van der Waals surface area contributed by atoms with E-state index in [1.165, 1.54) is 23.1 Å². The molecule has 1 heterocycles. The Morgan fingerprint density at radius 1 is 1.28 bits per heavy atom. The predicted molar refractivity (Wildman–Crippen MR) is 105 cm³/mol. The van der Waals surface area contributed by atoms with Gasteiger partial charge in [0.15, 0.2) is 6.61 Å². The highest BCUT2D eigenvalue weighted by Gasteiger charge is 2.16. The maximum absolute atomic E-state index is 12.3. The molecular weight excluding hydrogens is 400 g/mol. The van der Waals surface area contributed by atoms with Crippen LogP contribution >= 0.6 is 11.6 Å². The van der Waals surface area contributed by atoms with Gasteiger partial charge in [-0.25, -0.2) is 0 Å². The number of nitro benzene ring substituents is 1. The average Bonchev–Trinajstić information content (AvgIpc) is 3.14. The van der Waals surface area contributed by atoms with Gasteiger partial charge in [-0.3, -0.25) is 14.9 Å². The number of nitrogens with zero attached hydrogens (tertiary/aromatic N) is 4. The van der Waals surface area contributed by atoms with Gasteiger partial charge >= 0.3 is 0 Å². The van der Waals surface area contributed by atoms with Gasteiger partial charge in [-0.2, -0.15) is 4.98 Å². The Balaban J connectivity index is 1.56. The zero-order chi connectivity index (χ0) is 21.0. The summed E-state index contributed by atoms with van der Waals surface area (Å²) in [6.07, 6.45) is 0. The molecular formula is C19H17ClN4O5. The van der Waals surface area contributed by atoms with Crippen LogP contribution < -0.4 is 4.74 Å². The third kappa shape index (κ3) is 5.08. The van der Waals surface area contributed by atoms with Crippen LogP contribution in [0.25, 0.3) is 11.4 Å². The number of carbonyl (C=O) groups is 1. The standard InChI is InChI=1S/C19H17ClN4O5/c1-12-9-15(7-8-16(12)24(26)27)28-11-18(25)23(2)10-17-21-19(22-29-17)13-3-5-14(20)6-4-13/h3-9H,10-11H2,1-2H3. The summed E-state index contributed by atoms with van der Waals surface area (Å²) >= 11 is 5.86. The van der Waals surface area contributed by atoms with E-state index in [4.69, 9.17) is 20.9 Å². The number of aryl methyl sites for hydroxylation is 1. The smallest absolute Gasteiger partial charge is 0.272 e. The number of carbonyl (C=O) groups excluding carboxylic acids is 1. The van der Waals surface area contributed by atoms with Gasteiger partial charge in [0.2, 0.25) is 11.7 Å². The van der Waals surface area contributed by atoms with E-state index < -0.39 is 4.92 Å². The summed E-state index contributed by atoms with van der Waals surface area (Å²) < 4.78 is 10.6. The molecule has 150 valence electrons. The summed E-state index contributed by atoms with van der Waals surface area (Å²) in [5.74, 6) is 0.733. The van der Waals surface area contributed by atoms with Crippen LogP contribution in [0.15, 0.2) is 47.0 Å². The number of hydrogen-bond acceptors (Lipinski definition) is 7. The van der Waals surface area contributed by atoms with Crippen LogP contribution in [-0.4, -0.2) is 39.5 Å². The van der Waals surface area contributed by atoms with E-state index in [1.807, 2.05) is 0 Å². The number of rotatable bonds is 7. The first kappa shape index (κ1) is 20.3. The molecule has 0 aliphatic rings. The SMILES string of the molecule is Cc1cc(OCC(=O)N(C)Cc2nc(-c3ccc(Cl)cc3)no2)ccc1[N+](=O)[O-]. The first-order valence-corrected chi connectivity index (χ1v) is 8.91. The minimum Gasteiger partial charge on any atom is -0.484 e. The van der Waals surface area contributed by atoms with Crippen LogP contribution in [0, 0.1) is 17.0 Å². The molecule has 0 radical (unpaired) electrons. The Bertz CT molecular complexity index is 1040. The fourth-order valence-corrected chi connectivity index (χ4v) is 2.63. The molecule has 1 aromatic heterocycles. The lowest BCUT2D eigenvalue weighted by Crippen LogP contribution is -2.31. The molecule has 29 heavy (non-hydrogen) atoms. The fraction of sp³-hybridized carbons (Fsp3) is 0.211. The summed E-state index contributed by atoms with van der Waals surface area (Å²) in [4.78, 5) is 28.3. The van der Waals surface area contributed by atoms with E-state index in [0.717, 1.165) is 5.56 Å². The molecule has 0 atom stereocenters. The van der Waals surface area contributed by atoms with Gasteiger partial charge in [-0.1, -0.05) is 16.8 Å². The van der Waals surface area contributed by atoms with Crippen molar-refractivity contribution in [1.29, 1.82) is 0 Å². The van der Waals surface area contributed by atoms with E-state index >= 15 is 0 Å². The lowest BCUT2D eigenvalue weighted by atomic mass is 10.2. The monoisotopic (exact) mass is 416 g/mol. The molecule has 0 N–H and O–H groups in total. The normalized spacial score (nSPS) is 10.6. The third-order valence-electron chi connectivity index (χ3n) is 4.10. The average molecular weight is 417 g/mol. The maximum atomic E-state index is 12.3. The molecule has 10 heteroatoms. The Kier molecular flexibility index (Phi) is 6.08. The highest BCUT2D eigenvalue weighted by atomic mass is 35.5. The minimum absolute atomic E-state index is 0.00585. The molecule has 0 fully saturated rings. The molecule has 0 aliphatic carbocycles. The van der Waals surface area contributed by atoms with Gasteiger partial charge in [0, 0.05) is 29.3 Å². The molecule has 0 saturated carbocycles. The van der Waals surface area contributed by atoms with Crippen molar-refractivity contribution < 1.29 is 19.0 Å². The third-order valence-corrected chi connectivity index (χ3v) is 4.35. The molecule has 0 bridgehead atoms. The van der Waals surface area contributed by atoms with Gasteiger partial charge < -0.3 is 14.2 Å². The number of aromatic nitrogens is 2. The number of halogens is 1. The van der Waals surface area contributed by atoms with Crippen molar-refractivity contribution >= 4 is 23.2 Å². The van der Waals surface area contributed by atoms with Crippen LogP contribution in [-0.2, 0) is 11.3 Å². The zero-order valence-electron chi connectivity index (χ0n) is 15.7. The number of benzene rings is 2. The van der Waals surface area contributed by atoms with E-state index in [1.54, 1.807) is 38.2 Å². The number of nitro groups is 1. The minimum atomic E-state index is -0.471. The van der Waals surface area contributed by atoms with Gasteiger partial charge in [0.05, 0.1) is 11.5 Å². The molecule has 2 aromatic carbocycles. The highest BCUT2D eigenvalue weighted by Crippen LogP contribution is 2.23. The molecule has 0 spiro atoms. The summed E-state index contributed by atoms with van der Waals surface area (Å²) in [5.41, 5.74) is 1.19. The van der Waals surface area contributed by atoms with Gasteiger partial charge in [-0.15, -0.1) is 0 Å². The van der Waals surface area contributed by atoms with Crippen LogP contribution in [0.4, 0.5) is 5.69 Å². The second-order valence-electron chi connectivity index (χ2n) is 6.26. The van der Waals surface area contributed by atoms with Crippen molar-refractivity contribution in [3.05, 3.63) is 69.1 Å². The van der Waals surface area contributed by atoms with Gasteiger partial charge in [-0.05, 0) is 43.3 Å². The van der Waals surface area contributed by atoms with Crippen LogP contribution in [0.3, 0.4) is 0 Å². The Labute approximate surface area is 171 Å². The summed E-state index contributed by atoms with van der Waals surface area (Å²) in [6.45, 7) is 1.49. The zero-order valence-corrected chi connectivity index (χ0v) is 16.4. The summed E-state index contributed by atoms with van der Waals surface area (Å²) in [6, 6.07) is 11.3. The quantitative estimate of drug-likeness (QED) is 0.426. The van der Waals surface area contributed by atoms with Crippen molar-refractivity contribution in [2.75, 3.05) is 13.7 Å². The molecule has 0 unspecified atom stereocenters. The first-order valence-electron chi connectivity index (χ1n) is 8.54. The number of amides is 1. The lowest BCUT2D eigenvalue weighted by Gasteiger charge is -2.15. The molecule has 3 aromatic rings. The number of ether oxygens (including phenoxy) is 1. The first-order chi connectivity index (χ1) is 13.8. The highest BCUT2D eigenvalue weighted by molar-refractivity contribution is 6.30. The van der Waals surface area contributed by atoms with Crippen molar-refractivity contribution in [3.8, 4) is 17.1 Å². The molecule has 0 saturated heterocycles. The van der Waals surface area contributed by atoms with Crippen molar-refractivity contribution in [2.45, 2.75) is 13.5 Å². The van der Waals surface area contributed by atoms with E-state index in [0.29, 0.717) is 22.2 Å². The van der Waals surface area contributed by atoms with E-state index in [-0.39, 0.29) is 30.6 Å².